The fraction of sp³-hybridized carbons (Fsp3) is 0.400. The number of hydrogen-bond acceptors (Lipinski definition) is 4. The Bertz CT molecular complexity index is 387. The van der Waals surface area contributed by atoms with Crippen LogP contribution in [0.5, 0.6) is 0 Å². The zero-order valence-corrected chi connectivity index (χ0v) is 13.2. The maximum absolute atomic E-state index is 11.3. The van der Waals surface area contributed by atoms with Gasteiger partial charge in [-0.3, -0.25) is 9.59 Å². The van der Waals surface area contributed by atoms with E-state index in [-0.39, 0.29) is 46.2 Å². The van der Waals surface area contributed by atoms with Gasteiger partial charge in [0.15, 0.2) is 11.6 Å². The number of allylic oxidation sites excluding steroid dienone is 4. The monoisotopic (exact) mass is 366 g/mol. The Balaban J connectivity index is -0.0000000831. The van der Waals surface area contributed by atoms with E-state index in [0.29, 0.717) is 0 Å². The standard InChI is InChI=1S/2C5H5F3O2.Mg.2H2O/c2*1-3(9)2-4(10)5(6,7)8;;;/h2*2,10H,1H3;;2*1H2/q;;+2;;/p-2. The average Bonchev–Trinajstić information content (AvgIpc) is 2.13. The van der Waals surface area contributed by atoms with Gasteiger partial charge in [-0.25, -0.2) is 0 Å². The van der Waals surface area contributed by atoms with Gasteiger partial charge in [0.05, 0.1) is 0 Å². The van der Waals surface area contributed by atoms with E-state index >= 15 is 0 Å². The minimum absolute atomic E-state index is 0. The minimum Gasteiger partial charge on any atom is -0.869 e. The van der Waals surface area contributed by atoms with Crippen LogP contribution in [-0.2, 0) is 9.59 Å². The van der Waals surface area contributed by atoms with Crippen LogP contribution in [0.3, 0.4) is 0 Å². The molecule has 13 heteroatoms. The van der Waals surface area contributed by atoms with Crippen molar-refractivity contribution < 1.29 is 57.1 Å². The summed E-state index contributed by atoms with van der Waals surface area (Å²) in [4.78, 5) is 19.8. The SMILES string of the molecule is CC(=O)C=C([O-])C(F)(F)F.CC(=O)C=C([O-])C(F)(F)F.O.O.[Mg+2]. The van der Waals surface area contributed by atoms with Crippen molar-refractivity contribution >= 4 is 34.6 Å². The first-order valence-electron chi connectivity index (χ1n) is 4.61. The summed E-state index contributed by atoms with van der Waals surface area (Å²) < 4.78 is 67.7. The van der Waals surface area contributed by atoms with Gasteiger partial charge in [0.25, 0.3) is 0 Å². The Morgan fingerprint density at radius 1 is 0.739 bits per heavy atom. The number of carbonyl (C=O) groups excluding carboxylic acids is 2. The summed E-state index contributed by atoms with van der Waals surface area (Å²) in [7, 11) is 0. The van der Waals surface area contributed by atoms with E-state index in [0.717, 1.165) is 13.8 Å². The molecule has 6 nitrogen and oxygen atoms in total. The van der Waals surface area contributed by atoms with Gasteiger partial charge in [-0.1, -0.05) is 0 Å². The van der Waals surface area contributed by atoms with E-state index in [1.165, 1.54) is 0 Å². The Morgan fingerprint density at radius 2 is 0.913 bits per heavy atom. The van der Waals surface area contributed by atoms with E-state index in [1.54, 1.807) is 0 Å². The number of carbonyl (C=O) groups is 2. The number of hydrogen-bond donors (Lipinski definition) is 0. The zero-order valence-electron chi connectivity index (χ0n) is 11.8. The molecule has 132 valence electrons. The number of alkyl halides is 6. The van der Waals surface area contributed by atoms with Gasteiger partial charge < -0.3 is 21.2 Å². The molecular formula is C10H12F6MgO6. The summed E-state index contributed by atoms with van der Waals surface area (Å²) in [5.41, 5.74) is 0. The van der Waals surface area contributed by atoms with Crippen molar-refractivity contribution in [1.82, 2.24) is 0 Å². The smallest absolute Gasteiger partial charge is 0.869 e. The molecule has 0 fully saturated rings. The van der Waals surface area contributed by atoms with Gasteiger partial charge in [0, 0.05) is 0 Å². The molecule has 0 aromatic carbocycles. The van der Waals surface area contributed by atoms with Gasteiger partial charge in [-0.15, -0.1) is 0 Å². The molecule has 0 spiro atoms. The molecule has 0 aliphatic carbocycles. The van der Waals surface area contributed by atoms with E-state index in [1.807, 2.05) is 0 Å². The normalized spacial score (nSPS) is 11.7. The van der Waals surface area contributed by atoms with Crippen LogP contribution >= 0.6 is 0 Å². The first kappa shape index (κ1) is 33.3. The van der Waals surface area contributed by atoms with E-state index in [9.17, 15) is 46.1 Å². The van der Waals surface area contributed by atoms with E-state index in [4.69, 9.17) is 0 Å². The van der Waals surface area contributed by atoms with Gasteiger partial charge in [-0.05, 0) is 37.5 Å². The molecular weight excluding hydrogens is 354 g/mol. The maximum atomic E-state index is 11.3. The first-order chi connectivity index (χ1) is 8.67. The van der Waals surface area contributed by atoms with Crippen molar-refractivity contribution in [2.24, 2.45) is 0 Å². The molecule has 0 amide bonds. The molecule has 0 unspecified atom stereocenters. The molecule has 0 saturated carbocycles. The van der Waals surface area contributed by atoms with Crippen molar-refractivity contribution in [3.8, 4) is 0 Å². The van der Waals surface area contributed by atoms with E-state index < -0.39 is 35.4 Å². The second-order valence-corrected chi connectivity index (χ2v) is 3.23. The van der Waals surface area contributed by atoms with Crippen LogP contribution in [0.1, 0.15) is 13.8 Å². The molecule has 0 aromatic heterocycles. The zero-order chi connectivity index (χ0) is 16.7. The van der Waals surface area contributed by atoms with Crippen LogP contribution in [0, 0.1) is 0 Å². The number of halogens is 6. The number of rotatable bonds is 2. The number of ketones is 2. The average molecular weight is 366 g/mol. The van der Waals surface area contributed by atoms with Crippen LogP contribution in [0.25, 0.3) is 0 Å². The predicted molar refractivity (Wildman–Crippen MR) is 62.6 cm³/mol. The molecule has 0 heterocycles. The van der Waals surface area contributed by atoms with Crippen LogP contribution in [0.4, 0.5) is 26.3 Å². The van der Waals surface area contributed by atoms with Gasteiger partial charge in [0.2, 0.25) is 0 Å². The third-order valence-electron chi connectivity index (χ3n) is 1.23. The molecule has 0 rings (SSSR count). The molecule has 4 N–H and O–H groups in total. The van der Waals surface area contributed by atoms with Crippen LogP contribution in [0.2, 0.25) is 0 Å². The minimum atomic E-state index is -4.92. The fourth-order valence-electron chi connectivity index (χ4n) is 0.533. The maximum Gasteiger partial charge on any atom is 2.00 e. The first-order valence-corrected chi connectivity index (χ1v) is 4.61. The summed E-state index contributed by atoms with van der Waals surface area (Å²) in [5, 5.41) is 19.7. The summed E-state index contributed by atoms with van der Waals surface area (Å²) >= 11 is 0. The van der Waals surface area contributed by atoms with Crippen molar-refractivity contribution in [2.45, 2.75) is 26.2 Å². The van der Waals surface area contributed by atoms with Gasteiger partial charge in [-0.2, -0.15) is 26.3 Å². The topological polar surface area (TPSA) is 143 Å². The fourth-order valence-corrected chi connectivity index (χ4v) is 0.533. The molecule has 0 aliphatic heterocycles. The van der Waals surface area contributed by atoms with Gasteiger partial charge in [0.1, 0.15) is 0 Å². The molecule has 0 aliphatic rings. The third-order valence-corrected chi connectivity index (χ3v) is 1.23. The molecule has 0 atom stereocenters. The van der Waals surface area contributed by atoms with Crippen molar-refractivity contribution in [2.75, 3.05) is 0 Å². The van der Waals surface area contributed by atoms with Crippen LogP contribution in [-0.4, -0.2) is 57.9 Å². The van der Waals surface area contributed by atoms with E-state index in [2.05, 4.69) is 0 Å². The van der Waals surface area contributed by atoms with Crippen LogP contribution in [0.15, 0.2) is 23.7 Å². The second kappa shape index (κ2) is 13.2. The molecule has 0 aromatic rings. The summed E-state index contributed by atoms with van der Waals surface area (Å²) in [6.07, 6.45) is -9.82. The van der Waals surface area contributed by atoms with Crippen LogP contribution < -0.4 is 10.2 Å². The predicted octanol–water partition coefficient (Wildman–Crippen LogP) is -1.27. The van der Waals surface area contributed by atoms with Crippen molar-refractivity contribution in [1.29, 1.82) is 0 Å². The Hall–Kier alpha value is -1.31. The third kappa shape index (κ3) is 20.7. The largest absolute Gasteiger partial charge is 2.00 e. The summed E-state index contributed by atoms with van der Waals surface area (Å²) in [5.74, 6) is -6.02. The Labute approximate surface area is 142 Å². The quantitative estimate of drug-likeness (QED) is 0.260. The van der Waals surface area contributed by atoms with Crippen molar-refractivity contribution in [3.05, 3.63) is 23.7 Å². The van der Waals surface area contributed by atoms with Gasteiger partial charge >= 0.3 is 35.4 Å². The molecule has 0 radical (unpaired) electrons. The van der Waals surface area contributed by atoms with Crippen molar-refractivity contribution in [3.63, 3.8) is 0 Å². The summed E-state index contributed by atoms with van der Waals surface area (Å²) in [6.45, 7) is 1.76. The summed E-state index contributed by atoms with van der Waals surface area (Å²) in [6, 6.07) is 0. The Kier molecular flexibility index (Phi) is 19.1. The second-order valence-electron chi connectivity index (χ2n) is 3.23. The molecule has 23 heavy (non-hydrogen) atoms. The Morgan fingerprint density at radius 3 is 0.957 bits per heavy atom. The molecule has 0 saturated heterocycles. The molecule has 0 bridgehead atoms.